The van der Waals surface area contributed by atoms with Crippen LogP contribution in [0.25, 0.3) is 0 Å². The van der Waals surface area contributed by atoms with E-state index in [1.807, 2.05) is 0 Å². The molecule has 1 aliphatic rings. The van der Waals surface area contributed by atoms with Gasteiger partial charge in [0.1, 0.15) is 0 Å². The van der Waals surface area contributed by atoms with E-state index in [2.05, 4.69) is 21.6 Å². The third-order valence-corrected chi connectivity index (χ3v) is 6.21. The van der Waals surface area contributed by atoms with Crippen LogP contribution in [-0.2, 0) is 10.0 Å². The van der Waals surface area contributed by atoms with Gasteiger partial charge in [0.15, 0.2) is 5.96 Å². The summed E-state index contributed by atoms with van der Waals surface area (Å²) < 4.78 is 26.4. The predicted octanol–water partition coefficient (Wildman–Crippen LogP) is 1.87. The Morgan fingerprint density at radius 2 is 1.91 bits per heavy atom. The zero-order chi connectivity index (χ0) is 17.5. The summed E-state index contributed by atoms with van der Waals surface area (Å²) in [5.41, 5.74) is 5.75. The average molecular weight is 343 g/mol. The first-order valence-electron chi connectivity index (χ1n) is 8.01. The second kappa shape index (κ2) is 8.49. The minimum absolute atomic E-state index is 0.0328. The summed E-state index contributed by atoms with van der Waals surface area (Å²) in [5, 5.41) is 2.86. The maximum Gasteiger partial charge on any atom is 0.216 e. The van der Waals surface area contributed by atoms with Crippen LogP contribution in [-0.4, -0.2) is 31.7 Å². The number of allylic oxidation sites excluding steroid dienone is 2. The highest BCUT2D eigenvalue weighted by atomic mass is 32.2. The summed E-state index contributed by atoms with van der Waals surface area (Å²) in [4.78, 5) is 4.32. The molecule has 0 heterocycles. The summed E-state index contributed by atoms with van der Waals surface area (Å²) >= 11 is 0. The monoisotopic (exact) mass is 342 g/mol. The van der Waals surface area contributed by atoms with Gasteiger partial charge in [-0.05, 0) is 58.4 Å². The number of rotatable bonds is 6. The molecule has 0 radical (unpaired) electrons. The molecule has 0 unspecified atom stereocenters. The van der Waals surface area contributed by atoms with E-state index in [1.165, 1.54) is 0 Å². The molecule has 0 aromatic rings. The largest absolute Gasteiger partial charge is 0.370 e. The van der Waals surface area contributed by atoms with Crippen LogP contribution in [0.2, 0.25) is 0 Å². The topological polar surface area (TPSA) is 96.6 Å². The molecule has 6 nitrogen and oxygen atoms in total. The van der Waals surface area contributed by atoms with Crippen molar-refractivity contribution in [3.63, 3.8) is 0 Å². The Morgan fingerprint density at radius 3 is 2.43 bits per heavy atom. The maximum atomic E-state index is 12.2. The molecule has 0 atom stereocenters. The number of nitrogens with one attached hydrogen (secondary N) is 2. The lowest BCUT2D eigenvalue weighted by Crippen LogP contribution is -2.46. The lowest BCUT2D eigenvalue weighted by molar-refractivity contribution is 0.318. The van der Waals surface area contributed by atoms with Gasteiger partial charge in [0.2, 0.25) is 10.0 Å². The normalized spacial score (nSPS) is 23.9. The Bertz CT molecular complexity index is 539. The Labute approximate surface area is 140 Å². The summed E-state index contributed by atoms with van der Waals surface area (Å²) in [7, 11) is -3.28. The van der Waals surface area contributed by atoms with Gasteiger partial charge in [-0.1, -0.05) is 12.7 Å². The molecule has 0 spiro atoms. The Balaban J connectivity index is 2.40. The number of aliphatic imine (C=N–C) groups is 1. The SMILES string of the molecule is C=C/C=C\NC(N)=NCC1CCC(NS(=O)(=O)C(C)(C)C)CC1. The minimum Gasteiger partial charge on any atom is -0.370 e. The number of guanidine groups is 1. The van der Waals surface area contributed by atoms with E-state index in [-0.39, 0.29) is 6.04 Å². The molecule has 7 heteroatoms. The fourth-order valence-corrected chi connectivity index (χ4v) is 3.36. The van der Waals surface area contributed by atoms with Crippen molar-refractivity contribution >= 4 is 16.0 Å². The lowest BCUT2D eigenvalue weighted by Gasteiger charge is -2.30. The molecule has 0 aromatic heterocycles. The second-order valence-electron chi connectivity index (χ2n) is 6.92. The van der Waals surface area contributed by atoms with Gasteiger partial charge in [-0.2, -0.15) is 0 Å². The van der Waals surface area contributed by atoms with Crippen molar-refractivity contribution in [2.75, 3.05) is 6.54 Å². The smallest absolute Gasteiger partial charge is 0.216 e. The molecule has 4 N–H and O–H groups in total. The van der Waals surface area contributed by atoms with Gasteiger partial charge in [0.05, 0.1) is 4.75 Å². The maximum absolute atomic E-state index is 12.2. The van der Waals surface area contributed by atoms with Crippen molar-refractivity contribution in [2.45, 2.75) is 57.2 Å². The fraction of sp³-hybridized carbons (Fsp3) is 0.688. The van der Waals surface area contributed by atoms with Crippen molar-refractivity contribution in [2.24, 2.45) is 16.6 Å². The molecule has 0 aromatic carbocycles. The van der Waals surface area contributed by atoms with Gasteiger partial charge in [-0.25, -0.2) is 13.1 Å². The molecule has 0 bridgehead atoms. The molecule has 132 valence electrons. The van der Waals surface area contributed by atoms with Crippen molar-refractivity contribution in [1.29, 1.82) is 0 Å². The number of sulfonamides is 1. The van der Waals surface area contributed by atoms with Crippen molar-refractivity contribution in [3.8, 4) is 0 Å². The molecule has 1 saturated carbocycles. The Kier molecular flexibility index (Phi) is 7.28. The van der Waals surface area contributed by atoms with Crippen molar-refractivity contribution < 1.29 is 8.42 Å². The van der Waals surface area contributed by atoms with Crippen LogP contribution in [0, 0.1) is 5.92 Å². The fourth-order valence-electron chi connectivity index (χ4n) is 2.33. The highest BCUT2D eigenvalue weighted by Crippen LogP contribution is 2.26. The van der Waals surface area contributed by atoms with Gasteiger partial charge in [-0.3, -0.25) is 4.99 Å². The summed E-state index contributed by atoms with van der Waals surface area (Å²) in [6.45, 7) is 9.38. The predicted molar refractivity (Wildman–Crippen MR) is 96.5 cm³/mol. The van der Waals surface area contributed by atoms with Crippen LogP contribution in [0.5, 0.6) is 0 Å². The van der Waals surface area contributed by atoms with E-state index < -0.39 is 14.8 Å². The van der Waals surface area contributed by atoms with Crippen LogP contribution >= 0.6 is 0 Å². The van der Waals surface area contributed by atoms with E-state index in [4.69, 9.17) is 5.73 Å². The molecule has 0 aliphatic heterocycles. The second-order valence-corrected chi connectivity index (χ2v) is 9.38. The third kappa shape index (κ3) is 6.74. The van der Waals surface area contributed by atoms with Crippen LogP contribution < -0.4 is 15.8 Å². The number of nitrogens with two attached hydrogens (primary N) is 1. The molecule has 0 amide bonds. The quantitative estimate of drug-likeness (QED) is 0.390. The highest BCUT2D eigenvalue weighted by molar-refractivity contribution is 7.90. The van der Waals surface area contributed by atoms with Gasteiger partial charge in [-0.15, -0.1) is 0 Å². The number of nitrogens with zero attached hydrogens (tertiary/aromatic N) is 1. The number of hydrogen-bond acceptors (Lipinski definition) is 3. The van der Waals surface area contributed by atoms with E-state index in [0.29, 0.717) is 18.4 Å². The first kappa shape index (κ1) is 19.7. The molecule has 1 rings (SSSR count). The van der Waals surface area contributed by atoms with Gasteiger partial charge in [0, 0.05) is 18.8 Å². The minimum atomic E-state index is -3.28. The zero-order valence-electron chi connectivity index (χ0n) is 14.4. The van der Waals surface area contributed by atoms with Crippen LogP contribution in [0.1, 0.15) is 46.5 Å². The van der Waals surface area contributed by atoms with Crippen LogP contribution in [0.3, 0.4) is 0 Å². The van der Waals surface area contributed by atoms with Crippen LogP contribution in [0.4, 0.5) is 0 Å². The van der Waals surface area contributed by atoms with Gasteiger partial charge in [0.25, 0.3) is 0 Å². The van der Waals surface area contributed by atoms with Gasteiger partial charge >= 0.3 is 0 Å². The van der Waals surface area contributed by atoms with Gasteiger partial charge < -0.3 is 11.1 Å². The summed E-state index contributed by atoms with van der Waals surface area (Å²) in [6, 6.07) is 0.0328. The third-order valence-electron chi connectivity index (χ3n) is 3.96. The first-order chi connectivity index (χ1) is 10.7. The average Bonchev–Trinajstić information content (AvgIpc) is 2.45. The lowest BCUT2D eigenvalue weighted by atomic mass is 9.86. The molecule has 1 fully saturated rings. The zero-order valence-corrected chi connectivity index (χ0v) is 15.2. The molecule has 0 saturated heterocycles. The van der Waals surface area contributed by atoms with Crippen molar-refractivity contribution in [1.82, 2.24) is 10.0 Å². The van der Waals surface area contributed by atoms with Crippen LogP contribution in [0.15, 0.2) is 29.9 Å². The molecule has 1 aliphatic carbocycles. The standard InChI is InChI=1S/C16H30N4O2S/c1-5-6-11-18-15(17)19-12-13-7-9-14(10-8-13)20-23(21,22)16(2,3)4/h5-6,11,13-14,20H,1,7-10,12H2,2-4H3,(H3,17,18,19)/b11-6-. The summed E-state index contributed by atoms with van der Waals surface area (Å²) in [5.74, 6) is 0.841. The molecule has 23 heavy (non-hydrogen) atoms. The van der Waals surface area contributed by atoms with E-state index in [0.717, 1.165) is 25.7 Å². The molecular formula is C16H30N4O2S. The first-order valence-corrected chi connectivity index (χ1v) is 9.50. The number of hydrogen-bond donors (Lipinski definition) is 3. The Hall–Kier alpha value is -1.34. The molecular weight excluding hydrogens is 312 g/mol. The van der Waals surface area contributed by atoms with E-state index in [9.17, 15) is 8.42 Å². The summed E-state index contributed by atoms with van der Waals surface area (Å²) in [6.07, 6.45) is 8.69. The Morgan fingerprint density at radius 1 is 1.30 bits per heavy atom. The van der Waals surface area contributed by atoms with E-state index >= 15 is 0 Å². The van der Waals surface area contributed by atoms with Crippen molar-refractivity contribution in [3.05, 3.63) is 24.9 Å². The van der Waals surface area contributed by atoms with E-state index in [1.54, 1.807) is 39.1 Å². The highest BCUT2D eigenvalue weighted by Gasteiger charge is 2.32.